The highest BCUT2D eigenvalue weighted by atomic mass is 19.4. The standard InChI is InChI=1S/C16H11F3N2O2/c17-16(18,19)13-3-1-2-10(6-13)8-21-9-12-7-11(15(22)23)4-5-14(12)20-21/h1-7,9H,8H2,(H,22,23). The van der Waals surface area contributed by atoms with E-state index in [1.165, 1.54) is 22.9 Å². The highest BCUT2D eigenvalue weighted by Gasteiger charge is 2.30. The van der Waals surface area contributed by atoms with E-state index in [2.05, 4.69) is 5.10 Å². The van der Waals surface area contributed by atoms with E-state index in [9.17, 15) is 18.0 Å². The number of aromatic carboxylic acids is 1. The van der Waals surface area contributed by atoms with E-state index < -0.39 is 17.7 Å². The van der Waals surface area contributed by atoms with E-state index in [0.717, 1.165) is 12.1 Å². The number of carbonyl (C=O) groups is 1. The van der Waals surface area contributed by atoms with Crippen LogP contribution in [-0.4, -0.2) is 20.9 Å². The molecule has 23 heavy (non-hydrogen) atoms. The molecule has 4 nitrogen and oxygen atoms in total. The van der Waals surface area contributed by atoms with Gasteiger partial charge in [-0.3, -0.25) is 4.68 Å². The number of halogens is 3. The van der Waals surface area contributed by atoms with Gasteiger partial charge in [-0.2, -0.15) is 18.3 Å². The van der Waals surface area contributed by atoms with Gasteiger partial charge in [0.2, 0.25) is 0 Å². The average Bonchev–Trinajstić information content (AvgIpc) is 2.87. The Bertz CT molecular complexity index is 884. The molecule has 0 bridgehead atoms. The van der Waals surface area contributed by atoms with Crippen LogP contribution in [0.2, 0.25) is 0 Å². The van der Waals surface area contributed by atoms with E-state index in [1.807, 2.05) is 0 Å². The summed E-state index contributed by atoms with van der Waals surface area (Å²) in [5, 5.41) is 13.8. The lowest BCUT2D eigenvalue weighted by molar-refractivity contribution is -0.137. The molecular weight excluding hydrogens is 309 g/mol. The summed E-state index contributed by atoms with van der Waals surface area (Å²) in [7, 11) is 0. The molecule has 0 saturated heterocycles. The van der Waals surface area contributed by atoms with Crippen LogP contribution in [0.25, 0.3) is 10.9 Å². The number of fused-ring (bicyclic) bond motifs is 1. The first-order chi connectivity index (χ1) is 10.8. The predicted octanol–water partition coefficient (Wildman–Crippen LogP) is 3.80. The number of carboxylic acids is 1. The normalized spacial score (nSPS) is 11.8. The quantitative estimate of drug-likeness (QED) is 0.798. The lowest BCUT2D eigenvalue weighted by Crippen LogP contribution is -2.07. The molecule has 1 aromatic heterocycles. The number of nitrogens with zero attached hydrogens (tertiary/aromatic N) is 2. The maximum atomic E-state index is 12.7. The van der Waals surface area contributed by atoms with Gasteiger partial charge in [0, 0.05) is 11.6 Å². The summed E-state index contributed by atoms with van der Waals surface area (Å²) in [5.74, 6) is -1.04. The van der Waals surface area contributed by atoms with E-state index in [1.54, 1.807) is 18.3 Å². The van der Waals surface area contributed by atoms with Crippen LogP contribution in [0, 0.1) is 0 Å². The van der Waals surface area contributed by atoms with Crippen molar-refractivity contribution in [2.24, 2.45) is 0 Å². The third kappa shape index (κ3) is 3.18. The minimum Gasteiger partial charge on any atom is -0.478 e. The molecule has 7 heteroatoms. The Morgan fingerprint density at radius 1 is 1.17 bits per heavy atom. The SMILES string of the molecule is O=C(O)c1ccc2nn(Cc3cccc(C(F)(F)F)c3)cc2c1. The summed E-state index contributed by atoms with van der Waals surface area (Å²) in [6.45, 7) is 0.168. The zero-order valence-corrected chi connectivity index (χ0v) is 11.7. The van der Waals surface area contributed by atoms with Crippen molar-refractivity contribution in [2.45, 2.75) is 12.7 Å². The topological polar surface area (TPSA) is 55.1 Å². The molecule has 3 aromatic rings. The first-order valence-corrected chi connectivity index (χ1v) is 6.69. The summed E-state index contributed by atoms with van der Waals surface area (Å²) in [6, 6.07) is 9.52. The van der Waals surface area contributed by atoms with E-state index in [0.29, 0.717) is 16.5 Å². The summed E-state index contributed by atoms with van der Waals surface area (Å²) in [6.07, 6.45) is -2.77. The molecule has 1 heterocycles. The van der Waals surface area contributed by atoms with Gasteiger partial charge >= 0.3 is 12.1 Å². The average molecular weight is 320 g/mol. The number of aromatic nitrogens is 2. The molecule has 0 radical (unpaired) electrons. The monoisotopic (exact) mass is 320 g/mol. The fraction of sp³-hybridized carbons (Fsp3) is 0.125. The van der Waals surface area contributed by atoms with Crippen LogP contribution in [0.1, 0.15) is 21.5 Å². The van der Waals surface area contributed by atoms with Crippen LogP contribution >= 0.6 is 0 Å². The van der Waals surface area contributed by atoms with Crippen molar-refractivity contribution in [1.29, 1.82) is 0 Å². The highest BCUT2D eigenvalue weighted by molar-refractivity contribution is 5.93. The smallest absolute Gasteiger partial charge is 0.416 e. The Morgan fingerprint density at radius 2 is 1.96 bits per heavy atom. The van der Waals surface area contributed by atoms with E-state index >= 15 is 0 Å². The zero-order valence-electron chi connectivity index (χ0n) is 11.7. The van der Waals surface area contributed by atoms with Crippen LogP contribution in [0.3, 0.4) is 0 Å². The molecule has 0 unspecified atom stereocenters. The summed E-state index contributed by atoms with van der Waals surface area (Å²) < 4.78 is 39.6. The molecule has 0 aliphatic heterocycles. The van der Waals surface area contributed by atoms with Crippen LogP contribution < -0.4 is 0 Å². The number of alkyl halides is 3. The van der Waals surface area contributed by atoms with Crippen LogP contribution in [0.4, 0.5) is 13.2 Å². The number of hydrogen-bond donors (Lipinski definition) is 1. The van der Waals surface area contributed by atoms with Crippen LogP contribution in [0.15, 0.2) is 48.7 Å². The zero-order chi connectivity index (χ0) is 16.6. The second kappa shape index (κ2) is 5.42. The molecule has 2 aromatic carbocycles. The van der Waals surface area contributed by atoms with Gasteiger partial charge in [-0.25, -0.2) is 4.79 Å². The van der Waals surface area contributed by atoms with Crippen molar-refractivity contribution in [2.75, 3.05) is 0 Å². The lowest BCUT2D eigenvalue weighted by atomic mass is 10.1. The Labute approximate surface area is 128 Å². The minimum absolute atomic E-state index is 0.135. The molecule has 3 rings (SSSR count). The summed E-state index contributed by atoms with van der Waals surface area (Å²) in [4.78, 5) is 10.9. The molecular formula is C16H11F3N2O2. The van der Waals surface area contributed by atoms with Gasteiger partial charge in [-0.15, -0.1) is 0 Å². The maximum Gasteiger partial charge on any atom is 0.416 e. The minimum atomic E-state index is -4.39. The Hall–Kier alpha value is -2.83. The lowest BCUT2D eigenvalue weighted by Gasteiger charge is -2.08. The summed E-state index contributed by atoms with van der Waals surface area (Å²) in [5.41, 5.74) is 0.476. The second-order valence-corrected chi connectivity index (χ2v) is 5.10. The molecule has 0 spiro atoms. The molecule has 1 N–H and O–H groups in total. The Kier molecular flexibility index (Phi) is 3.55. The van der Waals surface area contributed by atoms with Crippen molar-refractivity contribution in [3.8, 4) is 0 Å². The van der Waals surface area contributed by atoms with Gasteiger partial charge in [0.15, 0.2) is 0 Å². The van der Waals surface area contributed by atoms with Gasteiger partial charge < -0.3 is 5.11 Å². The van der Waals surface area contributed by atoms with Crippen molar-refractivity contribution < 1.29 is 23.1 Å². The van der Waals surface area contributed by atoms with Gasteiger partial charge in [-0.1, -0.05) is 12.1 Å². The molecule has 0 saturated carbocycles. The molecule has 0 atom stereocenters. The van der Waals surface area contributed by atoms with Crippen LogP contribution in [0.5, 0.6) is 0 Å². The number of carboxylic acid groups (broad SMARTS) is 1. The fourth-order valence-corrected chi connectivity index (χ4v) is 2.32. The third-order valence-corrected chi connectivity index (χ3v) is 3.40. The largest absolute Gasteiger partial charge is 0.478 e. The van der Waals surface area contributed by atoms with Crippen molar-refractivity contribution in [3.05, 3.63) is 65.4 Å². The maximum absolute atomic E-state index is 12.7. The van der Waals surface area contributed by atoms with Crippen molar-refractivity contribution >= 4 is 16.9 Å². The van der Waals surface area contributed by atoms with Gasteiger partial charge in [0.05, 0.1) is 23.2 Å². The van der Waals surface area contributed by atoms with E-state index in [4.69, 9.17) is 5.11 Å². The number of hydrogen-bond acceptors (Lipinski definition) is 2. The van der Waals surface area contributed by atoms with Gasteiger partial charge in [0.25, 0.3) is 0 Å². The molecule has 0 aliphatic carbocycles. The highest BCUT2D eigenvalue weighted by Crippen LogP contribution is 2.29. The number of rotatable bonds is 3. The third-order valence-electron chi connectivity index (χ3n) is 3.40. The first-order valence-electron chi connectivity index (χ1n) is 6.69. The van der Waals surface area contributed by atoms with Crippen LogP contribution in [-0.2, 0) is 12.7 Å². The molecule has 0 fully saturated rings. The predicted molar refractivity (Wildman–Crippen MR) is 77.2 cm³/mol. The second-order valence-electron chi connectivity index (χ2n) is 5.10. The Morgan fingerprint density at radius 3 is 2.65 bits per heavy atom. The molecule has 118 valence electrons. The number of benzene rings is 2. The van der Waals surface area contributed by atoms with Crippen molar-refractivity contribution in [1.82, 2.24) is 9.78 Å². The first kappa shape index (κ1) is 15.1. The van der Waals surface area contributed by atoms with Gasteiger partial charge in [-0.05, 0) is 35.9 Å². The Balaban J connectivity index is 1.91. The molecule has 0 aliphatic rings. The summed E-state index contributed by atoms with van der Waals surface area (Å²) >= 11 is 0. The fourth-order valence-electron chi connectivity index (χ4n) is 2.32. The molecule has 0 amide bonds. The van der Waals surface area contributed by atoms with Gasteiger partial charge in [0.1, 0.15) is 0 Å². The van der Waals surface area contributed by atoms with Crippen molar-refractivity contribution in [3.63, 3.8) is 0 Å². The van der Waals surface area contributed by atoms with E-state index in [-0.39, 0.29) is 12.1 Å².